The average Bonchev–Trinajstić information content (AvgIpc) is 2.48. The molecule has 6 heteroatoms. The highest BCUT2D eigenvalue weighted by atomic mass is 35.5. The van der Waals surface area contributed by atoms with Gasteiger partial charge in [-0.3, -0.25) is 5.43 Å². The Bertz CT molecular complexity index is 360. The summed E-state index contributed by atoms with van der Waals surface area (Å²) >= 11 is 7.23. The first-order valence-electron chi connectivity index (χ1n) is 4.83. The number of halogens is 1. The smallest absolute Gasteiger partial charge is 0.422 e. The lowest BCUT2D eigenvalue weighted by Crippen LogP contribution is -2.40. The van der Waals surface area contributed by atoms with Crippen LogP contribution in [0, 0.1) is 0 Å². The zero-order valence-electron chi connectivity index (χ0n) is 9.46. The molecular formula is C10H15ClN2O2S. The Morgan fingerprint density at radius 2 is 2.19 bits per heavy atom. The predicted octanol–water partition coefficient (Wildman–Crippen LogP) is 2.93. The van der Waals surface area contributed by atoms with Crippen molar-refractivity contribution in [1.82, 2.24) is 10.9 Å². The monoisotopic (exact) mass is 262 g/mol. The lowest BCUT2D eigenvalue weighted by atomic mass is 10.2. The van der Waals surface area contributed by atoms with Gasteiger partial charge in [-0.15, -0.1) is 11.3 Å². The Hall–Kier alpha value is -0.780. The van der Waals surface area contributed by atoms with Crippen molar-refractivity contribution < 1.29 is 9.53 Å². The molecule has 1 aromatic heterocycles. The van der Waals surface area contributed by atoms with E-state index in [1.807, 2.05) is 32.9 Å². The van der Waals surface area contributed by atoms with Gasteiger partial charge in [-0.1, -0.05) is 11.6 Å². The minimum absolute atomic E-state index is 0.488. The van der Waals surface area contributed by atoms with Gasteiger partial charge in [0.15, 0.2) is 0 Å². The largest absolute Gasteiger partial charge is 0.443 e. The van der Waals surface area contributed by atoms with E-state index in [0.717, 1.165) is 9.21 Å². The highest BCUT2D eigenvalue weighted by Gasteiger charge is 2.15. The third-order valence-electron chi connectivity index (χ3n) is 1.48. The molecule has 0 aliphatic heterocycles. The molecule has 0 aliphatic carbocycles. The number of amides is 1. The maximum Gasteiger partial charge on any atom is 0.422 e. The van der Waals surface area contributed by atoms with Crippen molar-refractivity contribution in [3.8, 4) is 0 Å². The number of ether oxygens (including phenoxy) is 1. The van der Waals surface area contributed by atoms with Crippen molar-refractivity contribution in [1.29, 1.82) is 0 Å². The summed E-state index contributed by atoms with van der Waals surface area (Å²) in [6, 6.07) is 3.72. The molecule has 0 atom stereocenters. The number of hydrazine groups is 1. The van der Waals surface area contributed by atoms with E-state index in [0.29, 0.717) is 6.54 Å². The molecule has 4 nitrogen and oxygen atoms in total. The molecule has 2 N–H and O–H groups in total. The van der Waals surface area contributed by atoms with E-state index >= 15 is 0 Å². The van der Waals surface area contributed by atoms with E-state index in [1.165, 1.54) is 11.3 Å². The normalized spacial score (nSPS) is 11.2. The quantitative estimate of drug-likeness (QED) is 0.824. The first-order valence-corrected chi connectivity index (χ1v) is 6.02. The first kappa shape index (κ1) is 13.3. The van der Waals surface area contributed by atoms with Crippen molar-refractivity contribution in [2.45, 2.75) is 32.9 Å². The summed E-state index contributed by atoms with van der Waals surface area (Å²) < 4.78 is 5.78. The van der Waals surface area contributed by atoms with Crippen LogP contribution in [0.5, 0.6) is 0 Å². The van der Waals surface area contributed by atoms with E-state index < -0.39 is 11.7 Å². The molecular weight excluding hydrogens is 248 g/mol. The van der Waals surface area contributed by atoms with Gasteiger partial charge in [0.2, 0.25) is 0 Å². The molecule has 90 valence electrons. The molecule has 1 heterocycles. The highest BCUT2D eigenvalue weighted by molar-refractivity contribution is 7.16. The van der Waals surface area contributed by atoms with Gasteiger partial charge in [-0.05, 0) is 32.9 Å². The van der Waals surface area contributed by atoms with Crippen LogP contribution >= 0.6 is 22.9 Å². The Labute approximate surface area is 104 Å². The maximum atomic E-state index is 11.2. The Balaban J connectivity index is 2.23. The van der Waals surface area contributed by atoms with Crippen LogP contribution in [0.3, 0.4) is 0 Å². The first-order chi connectivity index (χ1) is 7.37. The van der Waals surface area contributed by atoms with E-state index in [4.69, 9.17) is 16.3 Å². The minimum Gasteiger partial charge on any atom is -0.443 e. The molecule has 0 radical (unpaired) electrons. The summed E-state index contributed by atoms with van der Waals surface area (Å²) in [5, 5.41) is 0. The third-order valence-corrected chi connectivity index (χ3v) is 2.71. The van der Waals surface area contributed by atoms with Gasteiger partial charge in [-0.2, -0.15) is 0 Å². The van der Waals surface area contributed by atoms with E-state index in [9.17, 15) is 4.79 Å². The van der Waals surface area contributed by atoms with Gasteiger partial charge < -0.3 is 4.74 Å². The molecule has 0 saturated carbocycles. The summed E-state index contributed by atoms with van der Waals surface area (Å²) in [4.78, 5) is 12.3. The number of carbonyl (C=O) groups excluding carboxylic acids is 1. The van der Waals surface area contributed by atoms with E-state index in [2.05, 4.69) is 10.9 Å². The summed E-state index contributed by atoms with van der Waals surface area (Å²) in [5.74, 6) is 0. The molecule has 0 fully saturated rings. The van der Waals surface area contributed by atoms with Gasteiger partial charge in [0.25, 0.3) is 0 Å². The van der Waals surface area contributed by atoms with Gasteiger partial charge in [0, 0.05) is 11.4 Å². The number of hydrogen-bond donors (Lipinski definition) is 2. The molecule has 0 unspecified atom stereocenters. The highest BCUT2D eigenvalue weighted by Crippen LogP contribution is 2.20. The van der Waals surface area contributed by atoms with Crippen molar-refractivity contribution in [2.24, 2.45) is 0 Å². The van der Waals surface area contributed by atoms with Gasteiger partial charge >= 0.3 is 6.09 Å². The number of thiophene rings is 1. The van der Waals surface area contributed by atoms with Crippen LogP contribution in [0.4, 0.5) is 4.79 Å². The van der Waals surface area contributed by atoms with Crippen LogP contribution in [-0.4, -0.2) is 11.7 Å². The lowest BCUT2D eigenvalue weighted by Gasteiger charge is -2.19. The number of nitrogens with one attached hydrogen (secondary N) is 2. The van der Waals surface area contributed by atoms with E-state index in [1.54, 1.807) is 0 Å². The zero-order chi connectivity index (χ0) is 12.2. The molecule has 16 heavy (non-hydrogen) atoms. The van der Waals surface area contributed by atoms with Crippen LogP contribution in [-0.2, 0) is 11.3 Å². The zero-order valence-corrected chi connectivity index (χ0v) is 11.0. The van der Waals surface area contributed by atoms with Crippen LogP contribution in [0.2, 0.25) is 4.34 Å². The molecule has 1 amide bonds. The second kappa shape index (κ2) is 5.52. The molecule has 0 aliphatic rings. The van der Waals surface area contributed by atoms with Crippen LogP contribution in [0.25, 0.3) is 0 Å². The SMILES string of the molecule is CC(C)(C)OC(=O)NNCc1ccc(Cl)s1. The van der Waals surface area contributed by atoms with Gasteiger partial charge in [-0.25, -0.2) is 10.2 Å². The molecule has 0 aromatic carbocycles. The topological polar surface area (TPSA) is 50.4 Å². The Morgan fingerprint density at radius 3 is 2.69 bits per heavy atom. The molecule has 0 spiro atoms. The molecule has 1 aromatic rings. The Morgan fingerprint density at radius 1 is 1.50 bits per heavy atom. The molecule has 0 saturated heterocycles. The van der Waals surface area contributed by atoms with Crippen LogP contribution < -0.4 is 10.9 Å². The van der Waals surface area contributed by atoms with Crippen molar-refractivity contribution in [3.63, 3.8) is 0 Å². The molecule has 1 rings (SSSR count). The van der Waals surface area contributed by atoms with Gasteiger partial charge in [0.1, 0.15) is 5.60 Å². The lowest BCUT2D eigenvalue weighted by molar-refractivity contribution is 0.0497. The summed E-state index contributed by atoms with van der Waals surface area (Å²) in [6.45, 7) is 5.96. The van der Waals surface area contributed by atoms with Crippen molar-refractivity contribution in [2.75, 3.05) is 0 Å². The summed E-state index contributed by atoms with van der Waals surface area (Å²) in [7, 11) is 0. The summed E-state index contributed by atoms with van der Waals surface area (Å²) in [6.07, 6.45) is -0.491. The maximum absolute atomic E-state index is 11.2. The number of carbonyl (C=O) groups is 1. The number of hydrogen-bond acceptors (Lipinski definition) is 4. The average molecular weight is 263 g/mol. The minimum atomic E-state index is -0.491. The number of rotatable bonds is 3. The third kappa shape index (κ3) is 5.34. The van der Waals surface area contributed by atoms with Crippen molar-refractivity contribution >= 4 is 29.0 Å². The van der Waals surface area contributed by atoms with Crippen molar-refractivity contribution in [3.05, 3.63) is 21.3 Å². The predicted molar refractivity (Wildman–Crippen MR) is 65.5 cm³/mol. The van der Waals surface area contributed by atoms with Crippen LogP contribution in [0.1, 0.15) is 25.6 Å². The standard InChI is InChI=1S/C10H15ClN2O2S/c1-10(2,3)15-9(14)13-12-6-7-4-5-8(11)16-7/h4-5,12H,6H2,1-3H3,(H,13,14). The van der Waals surface area contributed by atoms with E-state index in [-0.39, 0.29) is 0 Å². The fourth-order valence-electron chi connectivity index (χ4n) is 0.954. The fourth-order valence-corrected chi connectivity index (χ4v) is 1.98. The Kier molecular flexibility index (Phi) is 4.58. The fraction of sp³-hybridized carbons (Fsp3) is 0.500. The molecule has 0 bridgehead atoms. The second-order valence-corrected chi connectivity index (χ2v) is 5.99. The van der Waals surface area contributed by atoms with Crippen LogP contribution in [0.15, 0.2) is 12.1 Å². The van der Waals surface area contributed by atoms with Gasteiger partial charge in [0.05, 0.1) is 4.34 Å². The second-order valence-electron chi connectivity index (χ2n) is 4.19. The summed E-state index contributed by atoms with van der Waals surface area (Å²) in [5.41, 5.74) is 4.73.